The SMILES string of the molecule is Cc1ccc(NC(=O)[C@@H]2[C@@H](C(=O)O)[C@H]3C=C[C@@H]2O3)cc1[N+](=O)[O-]. The third-order valence-corrected chi connectivity index (χ3v) is 4.16. The van der Waals surface area contributed by atoms with Gasteiger partial charge in [-0.05, 0) is 13.0 Å². The highest BCUT2D eigenvalue weighted by Gasteiger charge is 2.53. The highest BCUT2D eigenvalue weighted by atomic mass is 16.6. The third-order valence-electron chi connectivity index (χ3n) is 4.16. The Bertz CT molecular complexity index is 729. The Labute approximate surface area is 130 Å². The zero-order chi connectivity index (χ0) is 16.7. The van der Waals surface area contributed by atoms with E-state index >= 15 is 0 Å². The molecule has 0 aliphatic carbocycles. The minimum atomic E-state index is -1.10. The van der Waals surface area contributed by atoms with Gasteiger partial charge in [0.1, 0.15) is 5.92 Å². The van der Waals surface area contributed by atoms with Crippen LogP contribution in [0.1, 0.15) is 5.56 Å². The molecule has 2 heterocycles. The van der Waals surface area contributed by atoms with Gasteiger partial charge >= 0.3 is 5.97 Å². The molecular weight excluding hydrogens is 304 g/mol. The molecule has 1 saturated heterocycles. The van der Waals surface area contributed by atoms with Crippen LogP contribution in [0.3, 0.4) is 0 Å². The number of carbonyl (C=O) groups excluding carboxylic acids is 1. The Kier molecular flexibility index (Phi) is 3.61. The van der Waals surface area contributed by atoms with E-state index in [-0.39, 0.29) is 11.4 Å². The molecule has 23 heavy (non-hydrogen) atoms. The summed E-state index contributed by atoms with van der Waals surface area (Å²) < 4.78 is 5.44. The molecule has 0 radical (unpaired) electrons. The van der Waals surface area contributed by atoms with E-state index in [1.807, 2.05) is 0 Å². The highest BCUT2D eigenvalue weighted by molar-refractivity contribution is 5.97. The first kappa shape index (κ1) is 15.2. The molecule has 8 nitrogen and oxygen atoms in total. The fourth-order valence-corrected chi connectivity index (χ4v) is 3.02. The molecule has 2 aliphatic rings. The second-order valence-corrected chi connectivity index (χ2v) is 5.59. The summed E-state index contributed by atoms with van der Waals surface area (Å²) >= 11 is 0. The standard InChI is InChI=1S/C15H14N2O6/c1-7-2-3-8(6-9(7)17(21)22)16-14(18)12-10-4-5-11(23-10)13(12)15(19)20/h2-6,10-13H,1H3,(H,16,18)(H,19,20)/t10-,11+,12-,13-/m0/s1. The topological polar surface area (TPSA) is 119 Å². The van der Waals surface area contributed by atoms with Gasteiger partial charge in [-0.25, -0.2) is 0 Å². The number of amides is 1. The van der Waals surface area contributed by atoms with Crippen LogP contribution in [-0.2, 0) is 14.3 Å². The molecule has 0 saturated carbocycles. The zero-order valence-electron chi connectivity index (χ0n) is 12.1. The molecule has 2 N–H and O–H groups in total. The van der Waals surface area contributed by atoms with Crippen LogP contribution in [0, 0.1) is 28.9 Å². The summed E-state index contributed by atoms with van der Waals surface area (Å²) in [5.41, 5.74) is 0.618. The number of carboxylic acid groups (broad SMARTS) is 1. The average molecular weight is 318 g/mol. The maximum absolute atomic E-state index is 12.4. The van der Waals surface area contributed by atoms with Gasteiger partial charge in [0.2, 0.25) is 5.91 Å². The number of rotatable bonds is 4. The number of aryl methyl sites for hydroxylation is 1. The smallest absolute Gasteiger partial charge is 0.310 e. The quantitative estimate of drug-likeness (QED) is 0.493. The normalized spacial score (nSPS) is 27.9. The first-order chi connectivity index (χ1) is 10.9. The van der Waals surface area contributed by atoms with Crippen LogP contribution in [0.5, 0.6) is 0 Å². The Morgan fingerprint density at radius 2 is 1.91 bits per heavy atom. The van der Waals surface area contributed by atoms with Crippen LogP contribution in [0.4, 0.5) is 11.4 Å². The van der Waals surface area contributed by atoms with Crippen molar-refractivity contribution in [1.29, 1.82) is 0 Å². The van der Waals surface area contributed by atoms with Gasteiger partial charge in [-0.15, -0.1) is 0 Å². The van der Waals surface area contributed by atoms with Crippen LogP contribution in [0.25, 0.3) is 0 Å². The van der Waals surface area contributed by atoms with Crippen molar-refractivity contribution < 1.29 is 24.4 Å². The van der Waals surface area contributed by atoms with Gasteiger partial charge in [0.15, 0.2) is 0 Å². The number of carboxylic acids is 1. The van der Waals surface area contributed by atoms with Crippen LogP contribution in [0.15, 0.2) is 30.4 Å². The number of nitrogens with zero attached hydrogens (tertiary/aromatic N) is 1. The van der Waals surface area contributed by atoms with E-state index in [1.165, 1.54) is 12.1 Å². The van der Waals surface area contributed by atoms with Crippen LogP contribution in [-0.4, -0.2) is 34.1 Å². The lowest BCUT2D eigenvalue weighted by Gasteiger charge is -2.21. The van der Waals surface area contributed by atoms with E-state index in [9.17, 15) is 24.8 Å². The minimum Gasteiger partial charge on any atom is -0.481 e. The van der Waals surface area contributed by atoms with E-state index in [4.69, 9.17) is 4.74 Å². The number of nitro groups is 1. The van der Waals surface area contributed by atoms with Crippen molar-refractivity contribution in [1.82, 2.24) is 0 Å². The number of hydrogen-bond donors (Lipinski definition) is 2. The highest BCUT2D eigenvalue weighted by Crippen LogP contribution is 2.40. The molecule has 1 aromatic carbocycles. The van der Waals surface area contributed by atoms with Gasteiger partial charge in [0.05, 0.1) is 23.0 Å². The van der Waals surface area contributed by atoms with Crippen LogP contribution < -0.4 is 5.32 Å². The summed E-state index contributed by atoms with van der Waals surface area (Å²) in [6.07, 6.45) is 2.12. The van der Waals surface area contributed by atoms with Gasteiger partial charge in [0.25, 0.3) is 5.69 Å². The Hall–Kier alpha value is -2.74. The van der Waals surface area contributed by atoms with E-state index in [0.717, 1.165) is 0 Å². The lowest BCUT2D eigenvalue weighted by Crippen LogP contribution is -2.39. The van der Waals surface area contributed by atoms with Crippen molar-refractivity contribution >= 4 is 23.3 Å². The van der Waals surface area contributed by atoms with Crippen molar-refractivity contribution in [2.45, 2.75) is 19.1 Å². The van der Waals surface area contributed by atoms with E-state index in [0.29, 0.717) is 5.56 Å². The number of aliphatic carboxylic acids is 1. The lowest BCUT2D eigenvalue weighted by molar-refractivity contribution is -0.385. The minimum absolute atomic E-state index is 0.110. The molecule has 120 valence electrons. The number of benzene rings is 1. The maximum Gasteiger partial charge on any atom is 0.310 e. The molecule has 3 rings (SSSR count). The first-order valence-electron chi connectivity index (χ1n) is 7.01. The van der Waals surface area contributed by atoms with Crippen LogP contribution in [0.2, 0.25) is 0 Å². The number of nitro benzene ring substituents is 1. The average Bonchev–Trinajstić information content (AvgIpc) is 3.09. The number of anilines is 1. The number of nitrogens with one attached hydrogen (secondary N) is 1. The second-order valence-electron chi connectivity index (χ2n) is 5.59. The monoisotopic (exact) mass is 318 g/mol. The number of fused-ring (bicyclic) bond motifs is 2. The number of carbonyl (C=O) groups is 2. The maximum atomic E-state index is 12.4. The van der Waals surface area contributed by atoms with Crippen molar-refractivity contribution in [3.63, 3.8) is 0 Å². The van der Waals surface area contributed by atoms with E-state index < -0.39 is 40.8 Å². The van der Waals surface area contributed by atoms with Crippen LogP contribution >= 0.6 is 0 Å². The molecule has 1 amide bonds. The fraction of sp³-hybridized carbons (Fsp3) is 0.333. The molecule has 0 aromatic heterocycles. The van der Waals surface area contributed by atoms with Gasteiger partial charge in [-0.1, -0.05) is 18.2 Å². The van der Waals surface area contributed by atoms with Gasteiger partial charge < -0.3 is 15.2 Å². The summed E-state index contributed by atoms with van der Waals surface area (Å²) in [4.78, 5) is 34.2. The summed E-state index contributed by atoms with van der Waals surface area (Å²) in [7, 11) is 0. The lowest BCUT2D eigenvalue weighted by atomic mass is 9.82. The molecule has 1 aromatic rings. The molecule has 1 fully saturated rings. The molecule has 0 unspecified atom stereocenters. The molecule has 2 aliphatic heterocycles. The van der Waals surface area contributed by atoms with Gasteiger partial charge in [0, 0.05) is 17.3 Å². The number of hydrogen-bond acceptors (Lipinski definition) is 5. The molecule has 0 spiro atoms. The second kappa shape index (κ2) is 5.47. The largest absolute Gasteiger partial charge is 0.481 e. The predicted molar refractivity (Wildman–Crippen MR) is 78.9 cm³/mol. The Morgan fingerprint density at radius 3 is 2.52 bits per heavy atom. The molecule has 8 heteroatoms. The van der Waals surface area contributed by atoms with E-state index in [1.54, 1.807) is 25.1 Å². The molecule has 2 bridgehead atoms. The number of ether oxygens (including phenoxy) is 1. The van der Waals surface area contributed by atoms with Crippen molar-refractivity contribution in [3.05, 3.63) is 46.0 Å². The van der Waals surface area contributed by atoms with Crippen molar-refractivity contribution in [3.8, 4) is 0 Å². The zero-order valence-corrected chi connectivity index (χ0v) is 12.1. The summed E-state index contributed by atoms with van der Waals surface area (Å²) in [6.45, 7) is 1.60. The van der Waals surface area contributed by atoms with Gasteiger partial charge in [-0.3, -0.25) is 19.7 Å². The van der Waals surface area contributed by atoms with Crippen molar-refractivity contribution in [2.75, 3.05) is 5.32 Å². The predicted octanol–water partition coefficient (Wildman–Crippen LogP) is 1.50. The van der Waals surface area contributed by atoms with Gasteiger partial charge in [-0.2, -0.15) is 0 Å². The molecular formula is C15H14N2O6. The summed E-state index contributed by atoms with van der Waals surface area (Å²) in [5, 5.41) is 22.8. The first-order valence-corrected chi connectivity index (χ1v) is 7.01. The third kappa shape index (κ3) is 2.57. The Morgan fingerprint density at radius 1 is 1.26 bits per heavy atom. The summed E-state index contributed by atoms with van der Waals surface area (Å²) in [5.74, 6) is -3.43. The Balaban J connectivity index is 1.82. The summed E-state index contributed by atoms with van der Waals surface area (Å²) in [6, 6.07) is 4.33. The fourth-order valence-electron chi connectivity index (χ4n) is 3.02. The van der Waals surface area contributed by atoms with Crippen molar-refractivity contribution in [2.24, 2.45) is 11.8 Å². The van der Waals surface area contributed by atoms with E-state index in [2.05, 4.69) is 5.32 Å². The molecule has 4 atom stereocenters.